The summed E-state index contributed by atoms with van der Waals surface area (Å²) in [6.07, 6.45) is 2.49. The third kappa shape index (κ3) is 6.39. The predicted molar refractivity (Wildman–Crippen MR) is 84.1 cm³/mol. The molecular weight excluding hydrogens is 285 g/mol. The standard InChI is InChI=1S/C16H26FN3O2/c1-6-20(15(21)22-16(3,4)5)8-7-19-12(2)13-9-14(17)11-18-10-13/h9-12,19H,6-8H2,1-5H3. The number of amides is 1. The van der Waals surface area contributed by atoms with E-state index in [0.29, 0.717) is 19.6 Å². The second kappa shape index (κ2) is 8.08. The van der Waals surface area contributed by atoms with E-state index in [9.17, 15) is 9.18 Å². The summed E-state index contributed by atoms with van der Waals surface area (Å²) in [6.45, 7) is 11.1. The van der Waals surface area contributed by atoms with Crippen LogP contribution in [-0.4, -0.2) is 41.2 Å². The van der Waals surface area contributed by atoms with Crippen LogP contribution in [0.5, 0.6) is 0 Å². The van der Waals surface area contributed by atoms with Crippen molar-refractivity contribution >= 4 is 6.09 Å². The summed E-state index contributed by atoms with van der Waals surface area (Å²) in [5, 5.41) is 3.25. The van der Waals surface area contributed by atoms with Crippen LogP contribution in [0.25, 0.3) is 0 Å². The number of carbonyl (C=O) groups excluding carboxylic acids is 1. The Morgan fingerprint density at radius 2 is 2.14 bits per heavy atom. The number of pyridine rings is 1. The Labute approximate surface area is 131 Å². The van der Waals surface area contributed by atoms with E-state index in [0.717, 1.165) is 5.56 Å². The van der Waals surface area contributed by atoms with Crippen molar-refractivity contribution < 1.29 is 13.9 Å². The zero-order valence-electron chi connectivity index (χ0n) is 14.0. The molecule has 124 valence electrons. The van der Waals surface area contributed by atoms with E-state index < -0.39 is 5.60 Å². The molecule has 0 aliphatic carbocycles. The molecule has 1 atom stereocenters. The lowest BCUT2D eigenvalue weighted by Crippen LogP contribution is -2.40. The summed E-state index contributed by atoms with van der Waals surface area (Å²) in [5.41, 5.74) is 0.277. The van der Waals surface area contributed by atoms with Crippen molar-refractivity contribution in [2.45, 2.75) is 46.3 Å². The van der Waals surface area contributed by atoms with Gasteiger partial charge in [-0.15, -0.1) is 0 Å². The molecule has 0 spiro atoms. The van der Waals surface area contributed by atoms with Gasteiger partial charge in [-0.2, -0.15) is 0 Å². The van der Waals surface area contributed by atoms with Crippen molar-refractivity contribution in [3.05, 3.63) is 29.8 Å². The van der Waals surface area contributed by atoms with Crippen LogP contribution in [0.4, 0.5) is 9.18 Å². The van der Waals surface area contributed by atoms with Gasteiger partial charge in [0.25, 0.3) is 0 Å². The first-order chi connectivity index (χ1) is 10.2. The van der Waals surface area contributed by atoms with Gasteiger partial charge in [-0.3, -0.25) is 4.98 Å². The van der Waals surface area contributed by atoms with Crippen molar-refractivity contribution in [1.29, 1.82) is 0 Å². The Morgan fingerprint density at radius 1 is 1.45 bits per heavy atom. The Hall–Kier alpha value is -1.69. The minimum Gasteiger partial charge on any atom is -0.444 e. The summed E-state index contributed by atoms with van der Waals surface area (Å²) in [6, 6.07) is 1.41. The SMILES string of the molecule is CCN(CCNC(C)c1cncc(F)c1)C(=O)OC(C)(C)C. The lowest BCUT2D eigenvalue weighted by Gasteiger charge is -2.27. The van der Waals surface area contributed by atoms with Gasteiger partial charge in [0.05, 0.1) is 6.20 Å². The number of hydrogen-bond acceptors (Lipinski definition) is 4. The van der Waals surface area contributed by atoms with Gasteiger partial charge in [-0.25, -0.2) is 9.18 Å². The number of likely N-dealkylation sites (N-methyl/N-ethyl adjacent to an activating group) is 1. The van der Waals surface area contributed by atoms with Crippen molar-refractivity contribution in [1.82, 2.24) is 15.2 Å². The molecule has 0 aromatic carbocycles. The highest BCUT2D eigenvalue weighted by Gasteiger charge is 2.20. The number of rotatable bonds is 6. The van der Waals surface area contributed by atoms with Gasteiger partial charge >= 0.3 is 6.09 Å². The molecule has 5 nitrogen and oxygen atoms in total. The van der Waals surface area contributed by atoms with E-state index in [1.807, 2.05) is 34.6 Å². The molecule has 1 unspecified atom stereocenters. The van der Waals surface area contributed by atoms with Crippen molar-refractivity contribution in [2.75, 3.05) is 19.6 Å². The highest BCUT2D eigenvalue weighted by atomic mass is 19.1. The maximum atomic E-state index is 13.1. The predicted octanol–water partition coefficient (Wildman–Crippen LogP) is 3.13. The first-order valence-corrected chi connectivity index (χ1v) is 7.54. The van der Waals surface area contributed by atoms with E-state index in [-0.39, 0.29) is 18.0 Å². The third-order valence-electron chi connectivity index (χ3n) is 3.09. The minimum atomic E-state index is -0.502. The smallest absolute Gasteiger partial charge is 0.410 e. The summed E-state index contributed by atoms with van der Waals surface area (Å²) >= 11 is 0. The molecule has 22 heavy (non-hydrogen) atoms. The molecule has 1 rings (SSSR count). The van der Waals surface area contributed by atoms with E-state index in [1.54, 1.807) is 11.1 Å². The van der Waals surface area contributed by atoms with Crippen molar-refractivity contribution in [3.63, 3.8) is 0 Å². The molecule has 0 saturated carbocycles. The van der Waals surface area contributed by atoms with Crippen LogP contribution in [0, 0.1) is 5.82 Å². The fraction of sp³-hybridized carbons (Fsp3) is 0.625. The molecule has 0 saturated heterocycles. The second-order valence-corrected chi connectivity index (χ2v) is 6.17. The van der Waals surface area contributed by atoms with Gasteiger partial charge in [-0.1, -0.05) is 0 Å². The van der Waals surface area contributed by atoms with E-state index in [4.69, 9.17) is 4.74 Å². The van der Waals surface area contributed by atoms with E-state index in [2.05, 4.69) is 10.3 Å². The normalized spacial score (nSPS) is 12.8. The van der Waals surface area contributed by atoms with Crippen LogP contribution < -0.4 is 5.32 Å². The van der Waals surface area contributed by atoms with E-state index >= 15 is 0 Å². The van der Waals surface area contributed by atoms with Gasteiger partial charge in [-0.05, 0) is 46.2 Å². The number of halogens is 1. The van der Waals surface area contributed by atoms with Gasteiger partial charge in [0.15, 0.2) is 0 Å². The molecule has 0 aliphatic heterocycles. The number of aromatic nitrogens is 1. The van der Waals surface area contributed by atoms with Crippen molar-refractivity contribution in [3.8, 4) is 0 Å². The van der Waals surface area contributed by atoms with E-state index in [1.165, 1.54) is 12.3 Å². The highest BCUT2D eigenvalue weighted by molar-refractivity contribution is 5.68. The van der Waals surface area contributed by atoms with Gasteiger partial charge in [0, 0.05) is 31.9 Å². The third-order valence-corrected chi connectivity index (χ3v) is 3.09. The average Bonchev–Trinajstić information content (AvgIpc) is 2.41. The maximum absolute atomic E-state index is 13.1. The monoisotopic (exact) mass is 311 g/mol. The second-order valence-electron chi connectivity index (χ2n) is 6.17. The molecule has 0 aliphatic rings. The Bertz CT molecular complexity index is 489. The van der Waals surface area contributed by atoms with Crippen LogP contribution in [0.15, 0.2) is 18.5 Å². The molecule has 1 heterocycles. The fourth-order valence-corrected chi connectivity index (χ4v) is 1.90. The Morgan fingerprint density at radius 3 is 2.68 bits per heavy atom. The van der Waals surface area contributed by atoms with Gasteiger partial charge in [0.2, 0.25) is 0 Å². The first-order valence-electron chi connectivity index (χ1n) is 7.54. The number of ether oxygens (including phenoxy) is 1. The summed E-state index contributed by atoms with van der Waals surface area (Å²) in [5.74, 6) is -0.352. The topological polar surface area (TPSA) is 54.5 Å². The Balaban J connectivity index is 2.45. The molecule has 1 aromatic heterocycles. The largest absolute Gasteiger partial charge is 0.444 e. The molecule has 1 N–H and O–H groups in total. The van der Waals surface area contributed by atoms with Crippen LogP contribution in [0.1, 0.15) is 46.2 Å². The van der Waals surface area contributed by atoms with Crippen LogP contribution in [0.3, 0.4) is 0 Å². The lowest BCUT2D eigenvalue weighted by atomic mass is 10.1. The number of carbonyl (C=O) groups is 1. The zero-order valence-corrected chi connectivity index (χ0v) is 14.0. The molecule has 0 fully saturated rings. The summed E-state index contributed by atoms with van der Waals surface area (Å²) in [4.78, 5) is 17.5. The minimum absolute atomic E-state index is 0.0412. The van der Waals surface area contributed by atoms with Gasteiger partial charge < -0.3 is 15.0 Å². The lowest BCUT2D eigenvalue weighted by molar-refractivity contribution is 0.0261. The summed E-state index contributed by atoms with van der Waals surface area (Å²) in [7, 11) is 0. The first kappa shape index (κ1) is 18.4. The highest BCUT2D eigenvalue weighted by Crippen LogP contribution is 2.12. The molecule has 0 bridgehead atoms. The van der Waals surface area contributed by atoms with Crippen LogP contribution in [-0.2, 0) is 4.74 Å². The molecular formula is C16H26FN3O2. The molecule has 6 heteroatoms. The Kier molecular flexibility index (Phi) is 6.74. The van der Waals surface area contributed by atoms with Gasteiger partial charge in [0.1, 0.15) is 11.4 Å². The van der Waals surface area contributed by atoms with Crippen molar-refractivity contribution in [2.24, 2.45) is 0 Å². The van der Waals surface area contributed by atoms with Crippen LogP contribution >= 0.6 is 0 Å². The van der Waals surface area contributed by atoms with Crippen LogP contribution in [0.2, 0.25) is 0 Å². The quantitative estimate of drug-likeness (QED) is 0.877. The summed E-state index contributed by atoms with van der Waals surface area (Å²) < 4.78 is 18.5. The number of hydrogen-bond donors (Lipinski definition) is 1. The molecule has 0 radical (unpaired) electrons. The molecule has 1 aromatic rings. The zero-order chi connectivity index (χ0) is 16.8. The number of nitrogens with one attached hydrogen (secondary N) is 1. The average molecular weight is 311 g/mol. The fourth-order valence-electron chi connectivity index (χ4n) is 1.90. The maximum Gasteiger partial charge on any atom is 0.410 e. The number of nitrogens with zero attached hydrogens (tertiary/aromatic N) is 2. The molecule has 1 amide bonds.